The van der Waals surface area contributed by atoms with Gasteiger partial charge in [0.05, 0.1) is 23.4 Å². The maximum Gasteiger partial charge on any atom is 0.243 e. The normalized spacial score (nSPS) is 16.3. The highest BCUT2D eigenvalue weighted by Gasteiger charge is 2.28. The van der Waals surface area contributed by atoms with Crippen LogP contribution in [0.5, 0.6) is 0 Å². The molecule has 1 unspecified atom stereocenters. The van der Waals surface area contributed by atoms with Crippen LogP contribution < -0.4 is 5.32 Å². The first-order valence-corrected chi connectivity index (χ1v) is 12.9. The van der Waals surface area contributed by atoms with E-state index in [9.17, 15) is 13.2 Å². The van der Waals surface area contributed by atoms with Gasteiger partial charge in [0.1, 0.15) is 16.2 Å². The van der Waals surface area contributed by atoms with Gasteiger partial charge in [-0.2, -0.15) is 4.31 Å². The van der Waals surface area contributed by atoms with Gasteiger partial charge in [-0.05, 0) is 43.0 Å². The monoisotopic (exact) mass is 478 g/mol. The molecule has 3 heterocycles. The zero-order valence-corrected chi connectivity index (χ0v) is 19.5. The number of aromatic nitrogens is 2. The van der Waals surface area contributed by atoms with Crippen LogP contribution in [0.4, 0.5) is 5.69 Å². The molecule has 0 radical (unpaired) electrons. The molecule has 31 heavy (non-hydrogen) atoms. The number of nitrogens with one attached hydrogen (secondary N) is 1. The highest BCUT2D eigenvalue weighted by molar-refractivity contribution is 8.00. The van der Waals surface area contributed by atoms with Crippen molar-refractivity contribution in [1.82, 2.24) is 14.3 Å². The molecule has 3 aromatic rings. The van der Waals surface area contributed by atoms with E-state index >= 15 is 0 Å². The average molecular weight is 479 g/mol. The van der Waals surface area contributed by atoms with Crippen LogP contribution in [-0.4, -0.2) is 60.2 Å². The van der Waals surface area contributed by atoms with Crippen LogP contribution in [0.3, 0.4) is 0 Å². The van der Waals surface area contributed by atoms with E-state index in [1.165, 1.54) is 39.8 Å². The Morgan fingerprint density at radius 2 is 2.03 bits per heavy atom. The summed E-state index contributed by atoms with van der Waals surface area (Å²) in [5.41, 5.74) is 1.08. The van der Waals surface area contributed by atoms with Gasteiger partial charge in [0.2, 0.25) is 15.9 Å². The first-order chi connectivity index (χ1) is 14.9. The molecule has 1 aliphatic rings. The minimum absolute atomic E-state index is 0.197. The molecule has 8 nitrogen and oxygen atoms in total. The van der Waals surface area contributed by atoms with Crippen molar-refractivity contribution in [2.75, 3.05) is 31.6 Å². The van der Waals surface area contributed by atoms with E-state index in [0.717, 1.165) is 15.2 Å². The summed E-state index contributed by atoms with van der Waals surface area (Å²) in [4.78, 5) is 22.4. The second kappa shape index (κ2) is 9.21. The third-order valence-corrected chi connectivity index (χ3v) is 8.90. The Kier molecular flexibility index (Phi) is 6.58. The second-order valence-corrected chi connectivity index (χ2v) is 11.2. The maximum absolute atomic E-state index is 13.1. The molecule has 4 rings (SSSR count). The molecule has 1 aromatic carbocycles. The Bertz CT molecular complexity index is 1210. The number of fused-ring (bicyclic) bond motifs is 1. The Morgan fingerprint density at radius 3 is 2.81 bits per heavy atom. The minimum atomic E-state index is -3.66. The fourth-order valence-corrected chi connectivity index (χ4v) is 6.56. The topological polar surface area (TPSA) is 101 Å². The van der Waals surface area contributed by atoms with Gasteiger partial charge in [-0.3, -0.25) is 4.79 Å². The SMILES string of the molecule is Cc1ccc(NC(=O)C(C)Sc2ncnc3sccc23)cc1S(=O)(=O)N1CCOCC1. The number of sulfonamides is 1. The number of anilines is 1. The summed E-state index contributed by atoms with van der Waals surface area (Å²) >= 11 is 2.87. The summed E-state index contributed by atoms with van der Waals surface area (Å²) in [5, 5.41) is 6.01. The van der Waals surface area contributed by atoms with E-state index in [2.05, 4.69) is 15.3 Å². The van der Waals surface area contributed by atoms with Gasteiger partial charge in [-0.1, -0.05) is 17.8 Å². The van der Waals surface area contributed by atoms with E-state index in [4.69, 9.17) is 4.74 Å². The van der Waals surface area contributed by atoms with Gasteiger partial charge < -0.3 is 10.1 Å². The number of thiophene rings is 1. The molecular formula is C20H22N4O4S3. The lowest BCUT2D eigenvalue weighted by Crippen LogP contribution is -2.40. The molecule has 164 valence electrons. The van der Waals surface area contributed by atoms with Crippen molar-refractivity contribution < 1.29 is 17.9 Å². The standard InChI is InChI=1S/C20H22N4O4S3/c1-13-3-4-15(11-17(13)31(26,27)24-6-8-28-9-7-24)23-18(25)14(2)30-20-16-5-10-29-19(16)21-12-22-20/h3-5,10-12,14H,6-9H2,1-2H3,(H,23,25). The number of benzene rings is 1. The number of aryl methyl sites for hydroxylation is 1. The number of amides is 1. The summed E-state index contributed by atoms with van der Waals surface area (Å²) in [6.07, 6.45) is 1.49. The predicted molar refractivity (Wildman–Crippen MR) is 122 cm³/mol. The van der Waals surface area contributed by atoms with Gasteiger partial charge in [0.15, 0.2) is 0 Å². The summed E-state index contributed by atoms with van der Waals surface area (Å²) in [5.74, 6) is -0.231. The zero-order valence-electron chi connectivity index (χ0n) is 17.1. The lowest BCUT2D eigenvalue weighted by atomic mass is 10.2. The van der Waals surface area contributed by atoms with E-state index in [-0.39, 0.29) is 10.8 Å². The number of carbonyl (C=O) groups is 1. The predicted octanol–water partition coefficient (Wildman–Crippen LogP) is 3.14. The lowest BCUT2D eigenvalue weighted by Gasteiger charge is -2.27. The van der Waals surface area contributed by atoms with Crippen molar-refractivity contribution >= 4 is 54.9 Å². The van der Waals surface area contributed by atoms with E-state index < -0.39 is 15.3 Å². The van der Waals surface area contributed by atoms with Crippen molar-refractivity contribution in [1.29, 1.82) is 0 Å². The van der Waals surface area contributed by atoms with Crippen LogP contribution in [0.2, 0.25) is 0 Å². The molecule has 0 aliphatic carbocycles. The van der Waals surface area contributed by atoms with Gasteiger partial charge >= 0.3 is 0 Å². The lowest BCUT2D eigenvalue weighted by molar-refractivity contribution is -0.115. The highest BCUT2D eigenvalue weighted by Crippen LogP contribution is 2.31. The molecule has 1 aliphatic heterocycles. The number of hydrogen-bond acceptors (Lipinski definition) is 8. The molecule has 0 spiro atoms. The molecule has 11 heteroatoms. The molecule has 1 atom stereocenters. The molecule has 0 saturated carbocycles. The first kappa shape index (κ1) is 22.2. The van der Waals surface area contributed by atoms with Crippen LogP contribution in [0.25, 0.3) is 10.2 Å². The zero-order chi connectivity index (χ0) is 22.0. The summed E-state index contributed by atoms with van der Waals surface area (Å²) in [7, 11) is -3.66. The van der Waals surface area contributed by atoms with Crippen LogP contribution in [0, 0.1) is 6.92 Å². The Labute approximate surface area is 189 Å². The fraction of sp³-hybridized carbons (Fsp3) is 0.350. The van der Waals surface area contributed by atoms with Crippen molar-refractivity contribution in [2.45, 2.75) is 29.0 Å². The average Bonchev–Trinajstić information content (AvgIpc) is 3.25. The second-order valence-electron chi connectivity index (χ2n) is 7.06. The van der Waals surface area contributed by atoms with E-state index in [1.807, 2.05) is 11.4 Å². The molecule has 1 saturated heterocycles. The number of rotatable bonds is 6. The maximum atomic E-state index is 13.1. The first-order valence-electron chi connectivity index (χ1n) is 9.70. The smallest absolute Gasteiger partial charge is 0.243 e. The molecule has 1 N–H and O–H groups in total. The van der Waals surface area contributed by atoms with Gasteiger partial charge in [0, 0.05) is 24.2 Å². The minimum Gasteiger partial charge on any atom is -0.379 e. The summed E-state index contributed by atoms with van der Waals surface area (Å²) in [6.45, 7) is 4.94. The van der Waals surface area contributed by atoms with Gasteiger partial charge in [-0.15, -0.1) is 11.3 Å². The Balaban J connectivity index is 1.50. The fourth-order valence-electron chi connectivity index (χ4n) is 3.21. The van der Waals surface area contributed by atoms with Crippen LogP contribution >= 0.6 is 23.1 Å². The number of hydrogen-bond donors (Lipinski definition) is 1. The quantitative estimate of drug-likeness (QED) is 0.429. The van der Waals surface area contributed by atoms with E-state index in [1.54, 1.807) is 26.0 Å². The number of carbonyl (C=O) groups excluding carboxylic acids is 1. The van der Waals surface area contributed by atoms with Crippen LogP contribution in [0.15, 0.2) is 45.9 Å². The highest BCUT2D eigenvalue weighted by atomic mass is 32.2. The third-order valence-electron chi connectivity index (χ3n) is 4.93. The van der Waals surface area contributed by atoms with E-state index in [0.29, 0.717) is 37.6 Å². The molecule has 1 fully saturated rings. The molecule has 2 aromatic heterocycles. The molecule has 0 bridgehead atoms. The summed E-state index contributed by atoms with van der Waals surface area (Å²) < 4.78 is 32.8. The van der Waals surface area contributed by atoms with Crippen molar-refractivity contribution in [2.24, 2.45) is 0 Å². The number of nitrogens with zero attached hydrogens (tertiary/aromatic N) is 3. The van der Waals surface area contributed by atoms with Gasteiger partial charge in [0.25, 0.3) is 0 Å². The third kappa shape index (κ3) is 4.75. The van der Waals surface area contributed by atoms with Crippen LogP contribution in [0.1, 0.15) is 12.5 Å². The molecular weight excluding hydrogens is 456 g/mol. The van der Waals surface area contributed by atoms with Gasteiger partial charge in [-0.25, -0.2) is 18.4 Å². The Morgan fingerprint density at radius 1 is 1.26 bits per heavy atom. The Hall–Kier alpha value is -2.05. The van der Waals surface area contributed by atoms with Crippen molar-refractivity contribution in [3.8, 4) is 0 Å². The molecule has 1 amide bonds. The number of thioether (sulfide) groups is 1. The number of morpholine rings is 1. The largest absolute Gasteiger partial charge is 0.379 e. The van der Waals surface area contributed by atoms with Crippen LogP contribution in [-0.2, 0) is 19.6 Å². The van der Waals surface area contributed by atoms with Crippen molar-refractivity contribution in [3.05, 3.63) is 41.5 Å². The van der Waals surface area contributed by atoms with Crippen molar-refractivity contribution in [3.63, 3.8) is 0 Å². The summed E-state index contributed by atoms with van der Waals surface area (Å²) in [6, 6.07) is 6.89. The number of ether oxygens (including phenoxy) is 1.